The van der Waals surface area contributed by atoms with Crippen molar-refractivity contribution in [2.75, 3.05) is 13.2 Å². The number of nitrogens with one attached hydrogen (secondary N) is 1. The molecule has 1 aromatic heterocycles. The van der Waals surface area contributed by atoms with E-state index in [4.69, 9.17) is 9.57 Å². The van der Waals surface area contributed by atoms with Crippen molar-refractivity contribution in [2.24, 2.45) is 5.92 Å². The van der Waals surface area contributed by atoms with Crippen LogP contribution < -0.4 is 5.48 Å². The third kappa shape index (κ3) is 1.56. The molecule has 18 heavy (non-hydrogen) atoms. The molecule has 0 unspecified atom stereocenters. The van der Waals surface area contributed by atoms with Crippen molar-refractivity contribution in [3.8, 4) is 0 Å². The molecular weight excluding hydrogens is 316 g/mol. The van der Waals surface area contributed by atoms with Gasteiger partial charge in [-0.3, -0.25) is 0 Å². The summed E-state index contributed by atoms with van der Waals surface area (Å²) in [5, 5.41) is 3.10. The second-order valence-corrected chi connectivity index (χ2v) is 7.26. The first-order valence-electron chi connectivity index (χ1n) is 6.37. The van der Waals surface area contributed by atoms with Crippen molar-refractivity contribution in [3.63, 3.8) is 0 Å². The van der Waals surface area contributed by atoms with Gasteiger partial charge in [0.2, 0.25) is 0 Å². The number of thiazole rings is 1. The van der Waals surface area contributed by atoms with E-state index in [0.717, 1.165) is 22.6 Å². The number of rotatable bonds is 1. The molecule has 2 saturated heterocycles. The third-order valence-corrected chi connectivity index (χ3v) is 6.31. The van der Waals surface area contributed by atoms with E-state index in [0.29, 0.717) is 12.5 Å². The van der Waals surface area contributed by atoms with Crippen LogP contribution in [0.1, 0.15) is 30.7 Å². The molecule has 2 atom stereocenters. The lowest BCUT2D eigenvalue weighted by Gasteiger charge is -2.51. The van der Waals surface area contributed by atoms with Crippen LogP contribution >= 0.6 is 27.3 Å². The van der Waals surface area contributed by atoms with Gasteiger partial charge in [0.1, 0.15) is 15.1 Å². The fraction of sp³-hybridized carbons (Fsp3) is 0.750. The van der Waals surface area contributed by atoms with Gasteiger partial charge in [0.05, 0.1) is 18.8 Å². The first kappa shape index (κ1) is 11.8. The molecule has 0 bridgehead atoms. The highest BCUT2D eigenvalue weighted by atomic mass is 79.9. The minimum absolute atomic E-state index is 0.151. The van der Waals surface area contributed by atoms with Crippen LogP contribution in [0.15, 0.2) is 9.98 Å². The second kappa shape index (κ2) is 3.99. The Hall–Kier alpha value is -0.0100. The van der Waals surface area contributed by atoms with E-state index in [-0.39, 0.29) is 11.1 Å². The van der Waals surface area contributed by atoms with E-state index in [1.54, 1.807) is 11.3 Å². The Balaban J connectivity index is 1.67. The van der Waals surface area contributed by atoms with E-state index in [2.05, 4.69) is 26.4 Å². The molecule has 3 heterocycles. The third-order valence-electron chi connectivity index (χ3n) is 4.58. The first-order valence-corrected chi connectivity index (χ1v) is 8.04. The number of hydrogen-bond acceptors (Lipinski definition) is 5. The summed E-state index contributed by atoms with van der Waals surface area (Å²) >= 11 is 5.10. The van der Waals surface area contributed by atoms with E-state index in [1.165, 1.54) is 19.3 Å². The number of hydrogen-bond donors (Lipinski definition) is 1. The van der Waals surface area contributed by atoms with Crippen LogP contribution in [-0.2, 0) is 15.1 Å². The summed E-state index contributed by atoms with van der Waals surface area (Å²) in [6.07, 6.45) is 4.82. The zero-order chi connectivity index (χ0) is 12.2. The maximum atomic E-state index is 6.19. The molecule has 3 aliphatic rings. The summed E-state index contributed by atoms with van der Waals surface area (Å²) in [5.41, 5.74) is 3.12. The zero-order valence-corrected chi connectivity index (χ0v) is 12.3. The Morgan fingerprint density at radius 1 is 1.50 bits per heavy atom. The summed E-state index contributed by atoms with van der Waals surface area (Å²) in [5.74, 6) is 0.476. The van der Waals surface area contributed by atoms with Crippen molar-refractivity contribution >= 4 is 27.3 Å². The average molecular weight is 331 g/mol. The fourth-order valence-corrected chi connectivity index (χ4v) is 4.78. The SMILES string of the molecule is Brc1csc([C@@]23COC4(CCC4)C[C@@H]2CON3)n1. The Morgan fingerprint density at radius 2 is 2.39 bits per heavy atom. The first-order chi connectivity index (χ1) is 8.73. The summed E-state index contributed by atoms with van der Waals surface area (Å²) in [7, 11) is 0. The largest absolute Gasteiger partial charge is 0.373 e. The van der Waals surface area contributed by atoms with E-state index >= 15 is 0 Å². The number of aromatic nitrogens is 1. The molecular formula is C12H15BrN2O2S. The van der Waals surface area contributed by atoms with E-state index < -0.39 is 0 Å². The monoisotopic (exact) mass is 330 g/mol. The average Bonchev–Trinajstić information content (AvgIpc) is 2.92. The highest BCUT2D eigenvalue weighted by molar-refractivity contribution is 9.10. The van der Waals surface area contributed by atoms with Crippen molar-refractivity contribution in [1.29, 1.82) is 0 Å². The van der Waals surface area contributed by atoms with Crippen molar-refractivity contribution in [1.82, 2.24) is 10.5 Å². The molecule has 1 saturated carbocycles. The smallest absolute Gasteiger partial charge is 0.123 e. The zero-order valence-electron chi connectivity index (χ0n) is 9.95. The van der Waals surface area contributed by atoms with Crippen LogP contribution in [0.25, 0.3) is 0 Å². The summed E-state index contributed by atoms with van der Waals surface area (Å²) in [6, 6.07) is 0. The van der Waals surface area contributed by atoms with Gasteiger partial charge in [-0.2, -0.15) is 5.48 Å². The van der Waals surface area contributed by atoms with Gasteiger partial charge in [-0.15, -0.1) is 11.3 Å². The van der Waals surface area contributed by atoms with Crippen LogP contribution in [0.2, 0.25) is 0 Å². The molecule has 1 N–H and O–H groups in total. The quantitative estimate of drug-likeness (QED) is 0.859. The fourth-order valence-electron chi connectivity index (χ4n) is 3.31. The Kier molecular flexibility index (Phi) is 2.61. The van der Waals surface area contributed by atoms with Crippen LogP contribution in [0.3, 0.4) is 0 Å². The lowest BCUT2D eigenvalue weighted by molar-refractivity contribution is -0.173. The molecule has 4 nitrogen and oxygen atoms in total. The second-order valence-electron chi connectivity index (χ2n) is 5.59. The van der Waals surface area contributed by atoms with Gasteiger partial charge < -0.3 is 9.57 Å². The highest BCUT2D eigenvalue weighted by Crippen LogP contribution is 2.51. The minimum atomic E-state index is -0.225. The van der Waals surface area contributed by atoms with Gasteiger partial charge in [-0.25, -0.2) is 4.98 Å². The van der Waals surface area contributed by atoms with Crippen LogP contribution in [0.4, 0.5) is 0 Å². The lowest BCUT2D eigenvalue weighted by atomic mass is 9.68. The number of nitrogens with zero attached hydrogens (tertiary/aromatic N) is 1. The van der Waals surface area contributed by atoms with Crippen molar-refractivity contribution in [3.05, 3.63) is 15.0 Å². The molecule has 1 aromatic rings. The molecule has 2 aliphatic heterocycles. The maximum absolute atomic E-state index is 6.19. The summed E-state index contributed by atoms with van der Waals surface area (Å²) in [6.45, 7) is 1.44. The number of hydroxylamine groups is 1. The van der Waals surface area contributed by atoms with Crippen molar-refractivity contribution < 1.29 is 9.57 Å². The topological polar surface area (TPSA) is 43.4 Å². The van der Waals surface area contributed by atoms with Crippen LogP contribution in [-0.4, -0.2) is 23.8 Å². The van der Waals surface area contributed by atoms with Gasteiger partial charge >= 0.3 is 0 Å². The number of ether oxygens (including phenoxy) is 1. The molecule has 1 spiro atoms. The van der Waals surface area contributed by atoms with Crippen LogP contribution in [0, 0.1) is 5.92 Å². The lowest BCUT2D eigenvalue weighted by Crippen LogP contribution is -2.57. The molecule has 6 heteroatoms. The molecule has 0 radical (unpaired) electrons. The molecule has 98 valence electrons. The number of halogens is 1. The minimum Gasteiger partial charge on any atom is -0.373 e. The van der Waals surface area contributed by atoms with E-state index in [9.17, 15) is 0 Å². The molecule has 1 aliphatic carbocycles. The molecule has 4 rings (SSSR count). The predicted molar refractivity (Wildman–Crippen MR) is 71.2 cm³/mol. The molecule has 0 amide bonds. The van der Waals surface area contributed by atoms with Crippen LogP contribution in [0.5, 0.6) is 0 Å². The normalized spacial score (nSPS) is 37.5. The Labute approximate surface area is 118 Å². The van der Waals surface area contributed by atoms with Gasteiger partial charge in [-0.1, -0.05) is 0 Å². The summed E-state index contributed by atoms with van der Waals surface area (Å²) in [4.78, 5) is 10.1. The summed E-state index contributed by atoms with van der Waals surface area (Å²) < 4.78 is 7.09. The van der Waals surface area contributed by atoms with Gasteiger partial charge in [0.25, 0.3) is 0 Å². The Morgan fingerprint density at radius 3 is 3.06 bits per heavy atom. The maximum Gasteiger partial charge on any atom is 0.123 e. The molecule has 3 fully saturated rings. The van der Waals surface area contributed by atoms with Gasteiger partial charge in [-0.05, 0) is 41.6 Å². The van der Waals surface area contributed by atoms with Gasteiger partial charge in [0.15, 0.2) is 0 Å². The number of fused-ring (bicyclic) bond motifs is 1. The van der Waals surface area contributed by atoms with Gasteiger partial charge in [0, 0.05) is 11.3 Å². The van der Waals surface area contributed by atoms with Crippen molar-refractivity contribution in [2.45, 2.75) is 36.8 Å². The predicted octanol–water partition coefficient (Wildman–Crippen LogP) is 2.59. The molecule has 0 aromatic carbocycles. The standard InChI is InChI=1S/C12H15BrN2O2S/c13-9-6-18-10(14-9)12-7-16-11(2-1-3-11)4-8(12)5-17-15-12/h6,8,15H,1-5,7H2/t8-,12-/m1/s1. The van der Waals surface area contributed by atoms with E-state index in [1.807, 2.05) is 5.38 Å². The highest BCUT2D eigenvalue weighted by Gasteiger charge is 2.57. The Bertz CT molecular complexity index is 476.